The van der Waals surface area contributed by atoms with Gasteiger partial charge in [0.15, 0.2) is 0 Å². The molecule has 0 aliphatic carbocycles. The lowest BCUT2D eigenvalue weighted by atomic mass is 10.1. The summed E-state index contributed by atoms with van der Waals surface area (Å²) in [5, 5.41) is 0. The number of carbonyl (C=O) groups is 1. The Labute approximate surface area is 125 Å². The zero-order chi connectivity index (χ0) is 14.7. The normalized spacial score (nSPS) is 19.0. The second-order valence-electron chi connectivity index (χ2n) is 5.70. The molecular formula is C16H23N3O2. The van der Waals surface area contributed by atoms with Gasteiger partial charge in [-0.2, -0.15) is 0 Å². The van der Waals surface area contributed by atoms with Crippen molar-refractivity contribution in [1.29, 1.82) is 0 Å². The molecule has 2 aliphatic rings. The average molecular weight is 289 g/mol. The number of ether oxygens (including phenoxy) is 1. The van der Waals surface area contributed by atoms with Crippen LogP contribution in [0.3, 0.4) is 0 Å². The third-order valence-corrected chi connectivity index (χ3v) is 4.26. The maximum absolute atomic E-state index is 12.7. The Hall–Kier alpha value is -1.59. The van der Waals surface area contributed by atoms with E-state index in [1.807, 2.05) is 23.1 Å². The molecule has 2 heterocycles. The third-order valence-electron chi connectivity index (χ3n) is 4.26. The highest BCUT2D eigenvalue weighted by Crippen LogP contribution is 2.26. The molecule has 3 rings (SSSR count). The van der Waals surface area contributed by atoms with Crippen molar-refractivity contribution in [3.05, 3.63) is 29.3 Å². The molecule has 1 aromatic rings. The van der Waals surface area contributed by atoms with E-state index in [0.29, 0.717) is 6.54 Å². The molecule has 0 spiro atoms. The van der Waals surface area contributed by atoms with Crippen LogP contribution >= 0.6 is 0 Å². The van der Waals surface area contributed by atoms with Crippen LogP contribution in [0.15, 0.2) is 18.2 Å². The van der Waals surface area contributed by atoms with Crippen molar-refractivity contribution in [2.75, 3.05) is 45.9 Å². The summed E-state index contributed by atoms with van der Waals surface area (Å²) in [6.45, 7) is 5.87. The van der Waals surface area contributed by atoms with Crippen molar-refractivity contribution in [2.45, 2.75) is 12.8 Å². The Balaban J connectivity index is 1.67. The summed E-state index contributed by atoms with van der Waals surface area (Å²) in [4.78, 5) is 17.0. The fourth-order valence-corrected chi connectivity index (χ4v) is 3.08. The van der Waals surface area contributed by atoms with Gasteiger partial charge in [0.05, 0.1) is 6.61 Å². The number of nitrogens with zero attached hydrogens (tertiary/aromatic N) is 2. The van der Waals surface area contributed by atoms with Gasteiger partial charge >= 0.3 is 0 Å². The maximum atomic E-state index is 12.7. The van der Waals surface area contributed by atoms with Crippen molar-refractivity contribution in [2.24, 2.45) is 5.73 Å². The summed E-state index contributed by atoms with van der Waals surface area (Å²) >= 11 is 0. The third kappa shape index (κ3) is 3.19. The summed E-state index contributed by atoms with van der Waals surface area (Å²) < 4.78 is 5.50. The molecule has 0 atom stereocenters. The van der Waals surface area contributed by atoms with E-state index >= 15 is 0 Å². The molecule has 5 nitrogen and oxygen atoms in total. The zero-order valence-corrected chi connectivity index (χ0v) is 12.4. The van der Waals surface area contributed by atoms with Crippen LogP contribution in [0.1, 0.15) is 22.3 Å². The first-order chi connectivity index (χ1) is 10.3. The lowest BCUT2D eigenvalue weighted by molar-refractivity contribution is 0.0761. The molecule has 0 bridgehead atoms. The lowest BCUT2D eigenvalue weighted by Gasteiger charge is -2.22. The smallest absolute Gasteiger partial charge is 0.253 e. The molecule has 114 valence electrons. The highest BCUT2D eigenvalue weighted by Gasteiger charge is 2.21. The predicted molar refractivity (Wildman–Crippen MR) is 81.7 cm³/mol. The van der Waals surface area contributed by atoms with Gasteiger partial charge in [-0.05, 0) is 36.7 Å². The van der Waals surface area contributed by atoms with Crippen LogP contribution in [0, 0.1) is 0 Å². The van der Waals surface area contributed by atoms with Gasteiger partial charge in [0.1, 0.15) is 5.75 Å². The minimum atomic E-state index is 0.138. The van der Waals surface area contributed by atoms with Crippen molar-refractivity contribution < 1.29 is 9.53 Å². The van der Waals surface area contributed by atoms with Gasteiger partial charge in [0.2, 0.25) is 0 Å². The SMILES string of the molecule is NCCN1CCCN(C(=O)c2ccc3c(c2)CCO3)CC1. The molecule has 5 heteroatoms. The van der Waals surface area contributed by atoms with E-state index in [9.17, 15) is 4.79 Å². The highest BCUT2D eigenvalue weighted by atomic mass is 16.5. The Morgan fingerprint density at radius 2 is 2.14 bits per heavy atom. The minimum Gasteiger partial charge on any atom is -0.493 e. The van der Waals surface area contributed by atoms with E-state index in [0.717, 1.165) is 69.0 Å². The number of benzene rings is 1. The lowest BCUT2D eigenvalue weighted by Crippen LogP contribution is -2.36. The molecule has 2 aliphatic heterocycles. The summed E-state index contributed by atoms with van der Waals surface area (Å²) in [6.07, 6.45) is 1.92. The van der Waals surface area contributed by atoms with E-state index in [2.05, 4.69) is 4.90 Å². The standard InChI is InChI=1S/C16H23N3O2/c17-5-8-18-6-1-7-19(10-9-18)16(20)14-2-3-15-13(12-14)4-11-21-15/h2-3,12H,1,4-11,17H2. The van der Waals surface area contributed by atoms with Crippen LogP contribution in [0.25, 0.3) is 0 Å². The number of hydrogen-bond donors (Lipinski definition) is 1. The van der Waals surface area contributed by atoms with Crippen LogP contribution in [0.5, 0.6) is 5.75 Å². The second-order valence-corrected chi connectivity index (χ2v) is 5.70. The molecule has 0 unspecified atom stereocenters. The molecule has 0 aromatic heterocycles. The Morgan fingerprint density at radius 1 is 1.24 bits per heavy atom. The van der Waals surface area contributed by atoms with Crippen LogP contribution in [-0.2, 0) is 6.42 Å². The summed E-state index contributed by atoms with van der Waals surface area (Å²) in [6, 6.07) is 5.80. The van der Waals surface area contributed by atoms with Crippen LogP contribution < -0.4 is 10.5 Å². The van der Waals surface area contributed by atoms with Gasteiger partial charge in [0, 0.05) is 44.7 Å². The van der Waals surface area contributed by atoms with Gasteiger partial charge < -0.3 is 20.3 Å². The quantitative estimate of drug-likeness (QED) is 0.891. The van der Waals surface area contributed by atoms with Gasteiger partial charge in [-0.25, -0.2) is 0 Å². The average Bonchev–Trinajstić information content (AvgIpc) is 2.85. The summed E-state index contributed by atoms with van der Waals surface area (Å²) in [5.41, 5.74) is 7.55. The first kappa shape index (κ1) is 14.4. The van der Waals surface area contributed by atoms with Gasteiger partial charge in [-0.15, -0.1) is 0 Å². The summed E-state index contributed by atoms with van der Waals surface area (Å²) in [7, 11) is 0. The van der Waals surface area contributed by atoms with Gasteiger partial charge in [0.25, 0.3) is 5.91 Å². The largest absolute Gasteiger partial charge is 0.493 e. The molecule has 1 fully saturated rings. The topological polar surface area (TPSA) is 58.8 Å². The highest BCUT2D eigenvalue weighted by molar-refractivity contribution is 5.94. The van der Waals surface area contributed by atoms with Crippen molar-refractivity contribution in [3.63, 3.8) is 0 Å². The fraction of sp³-hybridized carbons (Fsp3) is 0.562. The molecule has 0 saturated carbocycles. The van der Waals surface area contributed by atoms with E-state index in [1.54, 1.807) is 0 Å². The predicted octanol–water partition coefficient (Wildman–Crippen LogP) is 0.728. The van der Waals surface area contributed by atoms with E-state index < -0.39 is 0 Å². The molecule has 1 amide bonds. The molecule has 1 aromatic carbocycles. The van der Waals surface area contributed by atoms with Crippen LogP contribution in [0.2, 0.25) is 0 Å². The Bertz CT molecular complexity index is 518. The Morgan fingerprint density at radius 3 is 3.00 bits per heavy atom. The maximum Gasteiger partial charge on any atom is 0.253 e. The van der Waals surface area contributed by atoms with Crippen molar-refractivity contribution in [1.82, 2.24) is 9.80 Å². The van der Waals surface area contributed by atoms with Crippen molar-refractivity contribution in [3.8, 4) is 5.75 Å². The first-order valence-corrected chi connectivity index (χ1v) is 7.75. The number of carbonyl (C=O) groups excluding carboxylic acids is 1. The molecular weight excluding hydrogens is 266 g/mol. The van der Waals surface area contributed by atoms with Gasteiger partial charge in [-0.3, -0.25) is 4.79 Å². The molecule has 1 saturated heterocycles. The fourth-order valence-electron chi connectivity index (χ4n) is 3.08. The first-order valence-electron chi connectivity index (χ1n) is 7.75. The molecule has 2 N–H and O–H groups in total. The van der Waals surface area contributed by atoms with Crippen LogP contribution in [0.4, 0.5) is 0 Å². The number of nitrogens with two attached hydrogens (primary N) is 1. The number of fused-ring (bicyclic) bond motifs is 1. The number of amides is 1. The minimum absolute atomic E-state index is 0.138. The molecule has 0 radical (unpaired) electrons. The van der Waals surface area contributed by atoms with Gasteiger partial charge in [-0.1, -0.05) is 0 Å². The zero-order valence-electron chi connectivity index (χ0n) is 12.4. The van der Waals surface area contributed by atoms with E-state index in [1.165, 1.54) is 0 Å². The van der Waals surface area contributed by atoms with Crippen LogP contribution in [-0.4, -0.2) is 61.6 Å². The number of rotatable bonds is 3. The molecule has 21 heavy (non-hydrogen) atoms. The van der Waals surface area contributed by atoms with Crippen molar-refractivity contribution >= 4 is 5.91 Å². The van der Waals surface area contributed by atoms with E-state index in [4.69, 9.17) is 10.5 Å². The summed E-state index contributed by atoms with van der Waals surface area (Å²) in [5.74, 6) is 1.07. The number of hydrogen-bond acceptors (Lipinski definition) is 4. The second kappa shape index (κ2) is 6.45. The Kier molecular flexibility index (Phi) is 4.41. The van der Waals surface area contributed by atoms with E-state index in [-0.39, 0.29) is 5.91 Å². The monoisotopic (exact) mass is 289 g/mol.